The van der Waals surface area contributed by atoms with Gasteiger partial charge in [-0.05, 0) is 30.2 Å². The van der Waals surface area contributed by atoms with Crippen molar-refractivity contribution in [1.82, 2.24) is 4.90 Å². The van der Waals surface area contributed by atoms with Gasteiger partial charge >= 0.3 is 5.97 Å². The standard InChI is InChI=1S/C12H12BrNO3/c13-9-1-2-10-8(7-9)3-5-14(12(10)17)6-4-11(15)16/h1-2,7H,3-6H2,(H,15,16). The van der Waals surface area contributed by atoms with Gasteiger partial charge in [-0.2, -0.15) is 0 Å². The average molecular weight is 298 g/mol. The van der Waals surface area contributed by atoms with E-state index in [2.05, 4.69) is 15.9 Å². The maximum Gasteiger partial charge on any atom is 0.305 e. The molecule has 0 bridgehead atoms. The number of amides is 1. The van der Waals surface area contributed by atoms with Gasteiger partial charge < -0.3 is 10.0 Å². The lowest BCUT2D eigenvalue weighted by Crippen LogP contribution is -2.38. The summed E-state index contributed by atoms with van der Waals surface area (Å²) < 4.78 is 0.961. The molecule has 1 heterocycles. The highest BCUT2D eigenvalue weighted by Crippen LogP contribution is 2.22. The predicted molar refractivity (Wildman–Crippen MR) is 66.0 cm³/mol. The summed E-state index contributed by atoms with van der Waals surface area (Å²) in [4.78, 5) is 24.2. The van der Waals surface area contributed by atoms with Crippen LogP contribution in [0.4, 0.5) is 0 Å². The summed E-state index contributed by atoms with van der Waals surface area (Å²) in [5, 5.41) is 8.62. The van der Waals surface area contributed by atoms with Gasteiger partial charge in [0.2, 0.25) is 0 Å². The minimum absolute atomic E-state index is 0.00238. The van der Waals surface area contributed by atoms with Crippen molar-refractivity contribution in [3.05, 3.63) is 33.8 Å². The van der Waals surface area contributed by atoms with Crippen molar-refractivity contribution in [2.45, 2.75) is 12.8 Å². The highest BCUT2D eigenvalue weighted by Gasteiger charge is 2.24. The van der Waals surface area contributed by atoms with Crippen LogP contribution in [0.5, 0.6) is 0 Å². The molecule has 1 aliphatic rings. The Hall–Kier alpha value is -1.36. The van der Waals surface area contributed by atoms with Gasteiger partial charge in [0.25, 0.3) is 5.91 Å². The number of nitrogens with zero attached hydrogens (tertiary/aromatic N) is 1. The third-order valence-electron chi connectivity index (χ3n) is 2.83. The van der Waals surface area contributed by atoms with Crippen LogP contribution < -0.4 is 0 Å². The highest BCUT2D eigenvalue weighted by atomic mass is 79.9. The van der Waals surface area contributed by atoms with Crippen molar-refractivity contribution in [2.24, 2.45) is 0 Å². The third-order valence-corrected chi connectivity index (χ3v) is 3.32. The number of carboxylic acids is 1. The summed E-state index contributed by atoms with van der Waals surface area (Å²) in [5.41, 5.74) is 1.71. The first-order chi connectivity index (χ1) is 8.08. The molecular formula is C12H12BrNO3. The number of carbonyl (C=O) groups is 2. The van der Waals surface area contributed by atoms with Gasteiger partial charge in [0, 0.05) is 23.1 Å². The number of hydrogen-bond acceptors (Lipinski definition) is 2. The van der Waals surface area contributed by atoms with Crippen LogP contribution in [0.25, 0.3) is 0 Å². The van der Waals surface area contributed by atoms with E-state index in [0.29, 0.717) is 12.1 Å². The molecule has 4 nitrogen and oxygen atoms in total. The number of aliphatic carboxylic acids is 1. The smallest absolute Gasteiger partial charge is 0.305 e. The molecule has 0 unspecified atom stereocenters. The average Bonchev–Trinajstić information content (AvgIpc) is 2.27. The van der Waals surface area contributed by atoms with Crippen molar-refractivity contribution in [3.63, 3.8) is 0 Å². The Bertz CT molecular complexity index is 473. The van der Waals surface area contributed by atoms with Crippen LogP contribution >= 0.6 is 15.9 Å². The molecule has 0 saturated carbocycles. The van der Waals surface area contributed by atoms with E-state index in [-0.39, 0.29) is 18.9 Å². The van der Waals surface area contributed by atoms with Gasteiger partial charge in [0.05, 0.1) is 6.42 Å². The molecule has 90 valence electrons. The van der Waals surface area contributed by atoms with Crippen LogP contribution in [-0.2, 0) is 11.2 Å². The molecule has 1 aromatic carbocycles. The molecule has 0 atom stereocenters. The summed E-state index contributed by atoms with van der Waals surface area (Å²) >= 11 is 3.37. The fourth-order valence-corrected chi connectivity index (χ4v) is 2.36. The second-order valence-electron chi connectivity index (χ2n) is 3.99. The monoisotopic (exact) mass is 297 g/mol. The summed E-state index contributed by atoms with van der Waals surface area (Å²) in [7, 11) is 0. The largest absolute Gasteiger partial charge is 0.481 e. The molecule has 5 heteroatoms. The second kappa shape index (κ2) is 4.87. The molecule has 2 rings (SSSR count). The number of fused-ring (bicyclic) bond motifs is 1. The molecule has 1 aliphatic heterocycles. The minimum Gasteiger partial charge on any atom is -0.481 e. The number of hydrogen-bond donors (Lipinski definition) is 1. The number of benzene rings is 1. The van der Waals surface area contributed by atoms with Crippen LogP contribution in [0, 0.1) is 0 Å². The molecular weight excluding hydrogens is 286 g/mol. The van der Waals surface area contributed by atoms with Crippen molar-refractivity contribution in [3.8, 4) is 0 Å². The Balaban J connectivity index is 2.16. The maximum absolute atomic E-state index is 12.1. The first-order valence-electron chi connectivity index (χ1n) is 5.37. The van der Waals surface area contributed by atoms with Gasteiger partial charge in [0.1, 0.15) is 0 Å². The van der Waals surface area contributed by atoms with E-state index >= 15 is 0 Å². The molecule has 0 spiro atoms. The van der Waals surface area contributed by atoms with E-state index < -0.39 is 5.97 Å². The van der Waals surface area contributed by atoms with Gasteiger partial charge in [0.15, 0.2) is 0 Å². The normalized spacial score (nSPS) is 14.6. The van der Waals surface area contributed by atoms with Crippen LogP contribution in [-0.4, -0.2) is 35.0 Å². The third kappa shape index (κ3) is 2.66. The van der Waals surface area contributed by atoms with E-state index in [1.165, 1.54) is 0 Å². The van der Waals surface area contributed by atoms with Crippen molar-refractivity contribution < 1.29 is 14.7 Å². The fourth-order valence-electron chi connectivity index (χ4n) is 1.95. The molecule has 0 fully saturated rings. The van der Waals surface area contributed by atoms with Crippen LogP contribution in [0.2, 0.25) is 0 Å². The molecule has 1 N–H and O–H groups in total. The first-order valence-corrected chi connectivity index (χ1v) is 6.17. The van der Waals surface area contributed by atoms with Crippen molar-refractivity contribution >= 4 is 27.8 Å². The Morgan fingerprint density at radius 1 is 1.47 bits per heavy atom. The lowest BCUT2D eigenvalue weighted by Gasteiger charge is -2.28. The molecule has 0 aromatic heterocycles. The zero-order valence-corrected chi connectivity index (χ0v) is 10.7. The summed E-state index contributed by atoms with van der Waals surface area (Å²) in [6, 6.07) is 5.56. The van der Waals surface area contributed by atoms with Gasteiger partial charge in [-0.1, -0.05) is 15.9 Å². The summed E-state index contributed by atoms with van der Waals surface area (Å²) in [5.74, 6) is -0.945. The lowest BCUT2D eigenvalue weighted by atomic mass is 9.99. The SMILES string of the molecule is O=C(O)CCN1CCc2cc(Br)ccc2C1=O. The molecule has 1 aromatic rings. The van der Waals surface area contributed by atoms with E-state index in [0.717, 1.165) is 16.5 Å². The van der Waals surface area contributed by atoms with E-state index in [1.807, 2.05) is 12.1 Å². The Morgan fingerprint density at radius 3 is 2.94 bits per heavy atom. The quantitative estimate of drug-likeness (QED) is 0.927. The molecule has 17 heavy (non-hydrogen) atoms. The van der Waals surface area contributed by atoms with Crippen molar-refractivity contribution in [1.29, 1.82) is 0 Å². The zero-order valence-electron chi connectivity index (χ0n) is 9.15. The molecule has 0 saturated heterocycles. The van der Waals surface area contributed by atoms with E-state index in [4.69, 9.17) is 5.11 Å². The molecule has 1 amide bonds. The zero-order chi connectivity index (χ0) is 12.4. The summed E-state index contributed by atoms with van der Waals surface area (Å²) in [6.07, 6.45) is 0.776. The maximum atomic E-state index is 12.1. The van der Waals surface area contributed by atoms with Gasteiger partial charge in [-0.3, -0.25) is 9.59 Å². The topological polar surface area (TPSA) is 57.6 Å². The number of carbonyl (C=O) groups excluding carboxylic acids is 1. The van der Waals surface area contributed by atoms with Gasteiger partial charge in [-0.15, -0.1) is 0 Å². The number of rotatable bonds is 3. The Morgan fingerprint density at radius 2 is 2.24 bits per heavy atom. The summed E-state index contributed by atoms with van der Waals surface area (Å²) in [6.45, 7) is 0.874. The minimum atomic E-state index is -0.876. The Kier molecular flexibility index (Phi) is 3.47. The Labute approximate surface area is 107 Å². The first kappa shape index (κ1) is 12.1. The fraction of sp³-hybridized carbons (Fsp3) is 0.333. The van der Waals surface area contributed by atoms with Crippen LogP contribution in [0.1, 0.15) is 22.3 Å². The van der Waals surface area contributed by atoms with E-state index in [9.17, 15) is 9.59 Å². The van der Waals surface area contributed by atoms with Crippen LogP contribution in [0.15, 0.2) is 22.7 Å². The second-order valence-corrected chi connectivity index (χ2v) is 4.90. The molecule has 0 aliphatic carbocycles. The molecule has 0 radical (unpaired) electrons. The highest BCUT2D eigenvalue weighted by molar-refractivity contribution is 9.10. The lowest BCUT2D eigenvalue weighted by molar-refractivity contribution is -0.137. The number of halogens is 1. The number of carboxylic acid groups (broad SMARTS) is 1. The predicted octanol–water partition coefficient (Wildman–Crippen LogP) is 1.92. The van der Waals surface area contributed by atoms with Crippen molar-refractivity contribution in [2.75, 3.05) is 13.1 Å². The van der Waals surface area contributed by atoms with E-state index in [1.54, 1.807) is 11.0 Å². The van der Waals surface area contributed by atoms with Crippen LogP contribution in [0.3, 0.4) is 0 Å². The van der Waals surface area contributed by atoms with Gasteiger partial charge in [-0.25, -0.2) is 0 Å².